The van der Waals surface area contributed by atoms with Crippen molar-refractivity contribution in [3.05, 3.63) is 42.1 Å². The lowest BCUT2D eigenvalue weighted by Gasteiger charge is -2.37. The molecule has 7 heteroatoms. The quantitative estimate of drug-likeness (QED) is 0.846. The first-order valence-corrected chi connectivity index (χ1v) is 8.04. The standard InChI is InChI=1S/C16H20N6S/c1-12-7-13(2)19-15(8-12)20-16(23)22-5-3-21(4-6-22)14-9-17-11-18-10-14/h7-11H,3-6H2,1-2H3,(H,19,20,23). The van der Waals surface area contributed by atoms with Crippen LogP contribution in [0, 0.1) is 13.8 Å². The molecule has 0 spiro atoms. The highest BCUT2D eigenvalue weighted by molar-refractivity contribution is 7.80. The lowest BCUT2D eigenvalue weighted by molar-refractivity contribution is 0.390. The van der Waals surface area contributed by atoms with E-state index < -0.39 is 0 Å². The van der Waals surface area contributed by atoms with Gasteiger partial charge in [-0.1, -0.05) is 0 Å². The molecule has 3 heterocycles. The summed E-state index contributed by atoms with van der Waals surface area (Å²) >= 11 is 5.53. The van der Waals surface area contributed by atoms with Crippen molar-refractivity contribution >= 4 is 28.8 Å². The summed E-state index contributed by atoms with van der Waals surface area (Å²) in [5, 5.41) is 3.98. The molecule has 0 unspecified atom stereocenters. The molecule has 1 saturated heterocycles. The van der Waals surface area contributed by atoms with Gasteiger partial charge in [0.1, 0.15) is 12.1 Å². The first-order chi connectivity index (χ1) is 11.1. The summed E-state index contributed by atoms with van der Waals surface area (Å²) in [6, 6.07) is 4.06. The first kappa shape index (κ1) is 15.6. The molecule has 23 heavy (non-hydrogen) atoms. The highest BCUT2D eigenvalue weighted by Crippen LogP contribution is 2.15. The summed E-state index contributed by atoms with van der Waals surface area (Å²) in [5.74, 6) is 0.811. The highest BCUT2D eigenvalue weighted by atomic mass is 32.1. The van der Waals surface area contributed by atoms with Crippen molar-refractivity contribution in [3.8, 4) is 0 Å². The lowest BCUT2D eigenvalue weighted by Crippen LogP contribution is -2.50. The van der Waals surface area contributed by atoms with E-state index >= 15 is 0 Å². The van der Waals surface area contributed by atoms with Crippen LogP contribution in [0.5, 0.6) is 0 Å². The molecule has 3 rings (SSSR count). The molecule has 2 aromatic heterocycles. The van der Waals surface area contributed by atoms with Crippen molar-refractivity contribution in [1.82, 2.24) is 19.9 Å². The van der Waals surface area contributed by atoms with Gasteiger partial charge >= 0.3 is 0 Å². The number of hydrogen-bond donors (Lipinski definition) is 1. The molecule has 2 aromatic rings. The number of pyridine rings is 1. The maximum absolute atomic E-state index is 5.53. The van der Waals surface area contributed by atoms with Gasteiger partial charge in [0.2, 0.25) is 0 Å². The Labute approximate surface area is 141 Å². The monoisotopic (exact) mass is 328 g/mol. The van der Waals surface area contributed by atoms with Gasteiger partial charge in [-0.15, -0.1) is 0 Å². The normalized spacial score (nSPS) is 14.7. The van der Waals surface area contributed by atoms with Crippen molar-refractivity contribution in [1.29, 1.82) is 0 Å². The van der Waals surface area contributed by atoms with Gasteiger partial charge in [-0.05, 0) is 43.8 Å². The number of thiocarbonyl (C=S) groups is 1. The fourth-order valence-electron chi connectivity index (χ4n) is 2.72. The van der Waals surface area contributed by atoms with E-state index in [1.54, 1.807) is 6.33 Å². The van der Waals surface area contributed by atoms with Crippen molar-refractivity contribution in [2.45, 2.75) is 13.8 Å². The van der Waals surface area contributed by atoms with Gasteiger partial charge in [-0.3, -0.25) is 0 Å². The minimum atomic E-state index is 0.728. The summed E-state index contributed by atoms with van der Waals surface area (Å²) in [6.45, 7) is 7.58. The molecule has 1 fully saturated rings. The number of nitrogens with one attached hydrogen (secondary N) is 1. The van der Waals surface area contributed by atoms with Crippen LogP contribution in [0.2, 0.25) is 0 Å². The molecule has 6 nitrogen and oxygen atoms in total. The maximum atomic E-state index is 5.53. The fraction of sp³-hybridized carbons (Fsp3) is 0.375. The Hall–Kier alpha value is -2.28. The summed E-state index contributed by atoms with van der Waals surface area (Å²) in [7, 11) is 0. The molecular formula is C16H20N6S. The minimum absolute atomic E-state index is 0.728. The van der Waals surface area contributed by atoms with Gasteiger partial charge in [-0.25, -0.2) is 15.0 Å². The van der Waals surface area contributed by atoms with Crippen LogP contribution in [0.4, 0.5) is 11.5 Å². The van der Waals surface area contributed by atoms with Crippen LogP contribution in [0.1, 0.15) is 11.3 Å². The van der Waals surface area contributed by atoms with E-state index in [0.717, 1.165) is 48.5 Å². The average molecular weight is 328 g/mol. The number of anilines is 2. The average Bonchev–Trinajstić information content (AvgIpc) is 2.55. The highest BCUT2D eigenvalue weighted by Gasteiger charge is 2.19. The maximum Gasteiger partial charge on any atom is 0.174 e. The van der Waals surface area contributed by atoms with Gasteiger partial charge < -0.3 is 15.1 Å². The number of rotatable bonds is 2. The SMILES string of the molecule is Cc1cc(C)nc(NC(=S)N2CCN(c3cncnc3)CC2)c1. The second-order valence-corrected chi connectivity index (χ2v) is 6.06. The van der Waals surface area contributed by atoms with Crippen LogP contribution >= 0.6 is 12.2 Å². The molecule has 0 amide bonds. The topological polar surface area (TPSA) is 57.2 Å². The molecule has 120 valence electrons. The van der Waals surface area contributed by atoms with Crippen molar-refractivity contribution in [3.63, 3.8) is 0 Å². The Morgan fingerprint density at radius 3 is 2.43 bits per heavy atom. The van der Waals surface area contributed by atoms with Gasteiger partial charge in [0.15, 0.2) is 5.11 Å². The van der Waals surface area contributed by atoms with Crippen molar-refractivity contribution in [2.75, 3.05) is 36.4 Å². The van der Waals surface area contributed by atoms with Crippen LogP contribution in [-0.4, -0.2) is 51.1 Å². The predicted octanol–water partition coefficient (Wildman–Crippen LogP) is 2.01. The van der Waals surface area contributed by atoms with Crippen molar-refractivity contribution < 1.29 is 0 Å². The van der Waals surface area contributed by atoms with E-state index in [-0.39, 0.29) is 0 Å². The molecule has 1 aliphatic heterocycles. The second-order valence-electron chi connectivity index (χ2n) is 5.67. The van der Waals surface area contributed by atoms with Crippen LogP contribution in [0.25, 0.3) is 0 Å². The van der Waals surface area contributed by atoms with E-state index in [4.69, 9.17) is 12.2 Å². The molecule has 1 N–H and O–H groups in total. The molecule has 1 aliphatic rings. The number of aromatic nitrogens is 3. The van der Waals surface area contributed by atoms with E-state index in [0.29, 0.717) is 0 Å². The predicted molar refractivity (Wildman–Crippen MR) is 95.7 cm³/mol. The third-order valence-electron chi connectivity index (χ3n) is 3.81. The first-order valence-electron chi connectivity index (χ1n) is 7.63. The third-order valence-corrected chi connectivity index (χ3v) is 4.17. The Balaban J connectivity index is 1.58. The molecule has 0 radical (unpaired) electrons. The lowest BCUT2D eigenvalue weighted by atomic mass is 10.2. The number of aryl methyl sites for hydroxylation is 2. The minimum Gasteiger partial charge on any atom is -0.365 e. The summed E-state index contributed by atoms with van der Waals surface area (Å²) < 4.78 is 0. The van der Waals surface area contributed by atoms with Gasteiger partial charge in [0, 0.05) is 31.9 Å². The number of piperazine rings is 1. The van der Waals surface area contributed by atoms with Gasteiger partial charge in [-0.2, -0.15) is 0 Å². The summed E-state index contributed by atoms with van der Waals surface area (Å²) in [6.07, 6.45) is 5.24. The summed E-state index contributed by atoms with van der Waals surface area (Å²) in [5.41, 5.74) is 3.22. The fourth-order valence-corrected chi connectivity index (χ4v) is 3.00. The Bertz CT molecular complexity index is 662. The van der Waals surface area contributed by atoms with Gasteiger partial charge in [0.05, 0.1) is 18.1 Å². The molecule has 0 saturated carbocycles. The van der Waals surface area contributed by atoms with E-state index in [9.17, 15) is 0 Å². The molecule has 0 bridgehead atoms. The van der Waals surface area contributed by atoms with Crippen LogP contribution in [-0.2, 0) is 0 Å². The zero-order chi connectivity index (χ0) is 16.2. The van der Waals surface area contributed by atoms with Crippen molar-refractivity contribution in [2.24, 2.45) is 0 Å². The molecular weight excluding hydrogens is 308 g/mol. The number of nitrogens with zero attached hydrogens (tertiary/aromatic N) is 5. The molecule has 0 aliphatic carbocycles. The van der Waals surface area contributed by atoms with Crippen LogP contribution in [0.15, 0.2) is 30.9 Å². The molecule has 0 atom stereocenters. The summed E-state index contributed by atoms with van der Waals surface area (Å²) in [4.78, 5) is 17.1. The second kappa shape index (κ2) is 6.87. The van der Waals surface area contributed by atoms with Crippen LogP contribution in [0.3, 0.4) is 0 Å². The van der Waals surface area contributed by atoms with E-state index in [1.807, 2.05) is 25.4 Å². The largest absolute Gasteiger partial charge is 0.365 e. The number of hydrogen-bond acceptors (Lipinski definition) is 5. The van der Waals surface area contributed by atoms with E-state index in [1.165, 1.54) is 5.56 Å². The smallest absolute Gasteiger partial charge is 0.174 e. The van der Waals surface area contributed by atoms with E-state index in [2.05, 4.69) is 43.1 Å². The third kappa shape index (κ3) is 3.92. The Morgan fingerprint density at radius 2 is 1.78 bits per heavy atom. The molecule has 0 aromatic carbocycles. The van der Waals surface area contributed by atoms with Crippen LogP contribution < -0.4 is 10.2 Å². The Kier molecular flexibility index (Phi) is 4.66. The Morgan fingerprint density at radius 1 is 1.09 bits per heavy atom. The zero-order valence-electron chi connectivity index (χ0n) is 13.4. The van der Waals surface area contributed by atoms with Gasteiger partial charge in [0.25, 0.3) is 0 Å². The zero-order valence-corrected chi connectivity index (χ0v) is 14.2.